The minimum atomic E-state index is -0.468. The third-order valence-corrected chi connectivity index (χ3v) is 6.44. The number of allylic oxidation sites excluding steroid dienone is 1. The molecule has 36 heavy (non-hydrogen) atoms. The zero-order valence-electron chi connectivity index (χ0n) is 20.5. The molecule has 2 heterocycles. The molecule has 2 aromatic heterocycles. The monoisotopic (exact) mass is 504 g/mol. The number of anilines is 1. The fourth-order valence-corrected chi connectivity index (χ4v) is 4.08. The first-order valence-corrected chi connectivity index (χ1v) is 12.0. The van der Waals surface area contributed by atoms with Crippen molar-refractivity contribution in [3.8, 4) is 0 Å². The highest BCUT2D eigenvalue weighted by molar-refractivity contribution is 7.15. The second-order valence-electron chi connectivity index (χ2n) is 8.16. The molecule has 0 aliphatic carbocycles. The Hall–Kier alpha value is -4.31. The molecule has 186 valence electrons. The van der Waals surface area contributed by atoms with E-state index in [0.29, 0.717) is 27.7 Å². The van der Waals surface area contributed by atoms with Crippen molar-refractivity contribution in [1.29, 1.82) is 5.41 Å². The number of hydrazine groups is 1. The van der Waals surface area contributed by atoms with Crippen molar-refractivity contribution in [3.63, 3.8) is 0 Å². The Balaban J connectivity index is 1.61. The van der Waals surface area contributed by atoms with Crippen molar-refractivity contribution in [1.82, 2.24) is 21.2 Å². The minimum absolute atomic E-state index is 0.0415. The number of carbonyl (C=O) groups excluding carboxylic acids is 3. The Labute approximate surface area is 213 Å². The summed E-state index contributed by atoms with van der Waals surface area (Å²) in [7, 11) is 0. The van der Waals surface area contributed by atoms with Gasteiger partial charge in [0.15, 0.2) is 0 Å². The molecule has 0 bridgehead atoms. The number of aryl methyl sites for hydroxylation is 2. The van der Waals surface area contributed by atoms with Crippen LogP contribution in [0.3, 0.4) is 0 Å². The quantitative estimate of drug-likeness (QED) is 0.171. The molecule has 10 heteroatoms. The summed E-state index contributed by atoms with van der Waals surface area (Å²) in [6, 6.07) is 12.3. The predicted molar refractivity (Wildman–Crippen MR) is 141 cm³/mol. The van der Waals surface area contributed by atoms with Crippen LogP contribution in [-0.4, -0.2) is 28.4 Å². The number of pyridine rings is 1. The van der Waals surface area contributed by atoms with Gasteiger partial charge in [0.1, 0.15) is 0 Å². The Bertz CT molecular complexity index is 1330. The van der Waals surface area contributed by atoms with Crippen LogP contribution in [0, 0.1) is 19.3 Å². The molecule has 0 aliphatic rings. The fraction of sp³-hybridized carbons (Fsp3) is 0.192. The third-order valence-electron chi connectivity index (χ3n) is 5.36. The van der Waals surface area contributed by atoms with Crippen molar-refractivity contribution in [2.45, 2.75) is 34.2 Å². The first-order chi connectivity index (χ1) is 17.2. The van der Waals surface area contributed by atoms with Crippen molar-refractivity contribution in [2.24, 2.45) is 0 Å². The van der Waals surface area contributed by atoms with Gasteiger partial charge in [0, 0.05) is 36.0 Å². The van der Waals surface area contributed by atoms with E-state index in [1.165, 1.54) is 6.92 Å². The highest BCUT2D eigenvalue weighted by Crippen LogP contribution is 2.18. The summed E-state index contributed by atoms with van der Waals surface area (Å²) >= 11 is 1.05. The Morgan fingerprint density at radius 3 is 2.19 bits per heavy atom. The fourth-order valence-electron chi connectivity index (χ4n) is 3.26. The molecule has 5 N–H and O–H groups in total. The number of carbonyl (C=O) groups is 3. The second-order valence-corrected chi connectivity index (χ2v) is 9.24. The van der Waals surface area contributed by atoms with E-state index < -0.39 is 11.8 Å². The van der Waals surface area contributed by atoms with E-state index in [4.69, 9.17) is 5.41 Å². The largest absolute Gasteiger partial charge is 0.347 e. The average Bonchev–Trinajstić information content (AvgIpc) is 3.34. The summed E-state index contributed by atoms with van der Waals surface area (Å²) in [5, 5.41) is 13.6. The molecule has 0 unspecified atom stereocenters. The van der Waals surface area contributed by atoms with Crippen LogP contribution in [0.25, 0.3) is 0 Å². The van der Waals surface area contributed by atoms with Gasteiger partial charge in [-0.3, -0.25) is 24.8 Å². The van der Waals surface area contributed by atoms with Gasteiger partial charge in [-0.05, 0) is 80.8 Å². The number of hydrogen-bond acceptors (Lipinski definition) is 7. The lowest BCUT2D eigenvalue weighted by Gasteiger charge is -2.14. The molecule has 0 aliphatic heterocycles. The van der Waals surface area contributed by atoms with Gasteiger partial charge in [-0.2, -0.15) is 0 Å². The molecule has 9 nitrogen and oxygen atoms in total. The van der Waals surface area contributed by atoms with E-state index in [-0.39, 0.29) is 17.2 Å². The van der Waals surface area contributed by atoms with Crippen LogP contribution in [0.5, 0.6) is 0 Å². The lowest BCUT2D eigenvalue weighted by atomic mass is 10.1. The molecule has 1 aromatic carbocycles. The number of thiophene rings is 1. The summed E-state index contributed by atoms with van der Waals surface area (Å²) in [5.74, 6) is -1.22. The van der Waals surface area contributed by atoms with E-state index in [9.17, 15) is 14.4 Å². The smallest absolute Gasteiger partial charge is 0.279 e. The summed E-state index contributed by atoms with van der Waals surface area (Å²) in [6.07, 6.45) is 3.30. The van der Waals surface area contributed by atoms with Gasteiger partial charge >= 0.3 is 0 Å². The van der Waals surface area contributed by atoms with Crippen LogP contribution in [0.2, 0.25) is 0 Å². The van der Waals surface area contributed by atoms with Crippen LogP contribution in [0.15, 0.2) is 66.1 Å². The van der Waals surface area contributed by atoms with Gasteiger partial charge in [0.25, 0.3) is 17.7 Å². The zero-order chi connectivity index (χ0) is 26.2. The zero-order valence-corrected chi connectivity index (χ0v) is 21.3. The number of nitrogens with zero attached hydrogens (tertiary/aromatic N) is 1. The van der Waals surface area contributed by atoms with Gasteiger partial charge in [-0.25, -0.2) is 0 Å². The third kappa shape index (κ3) is 6.86. The lowest BCUT2D eigenvalue weighted by Crippen LogP contribution is -2.37. The number of hydrogen-bond donors (Lipinski definition) is 5. The molecule has 0 atom stereocenters. The number of benzene rings is 1. The maximum Gasteiger partial charge on any atom is 0.279 e. The summed E-state index contributed by atoms with van der Waals surface area (Å²) in [4.78, 5) is 42.5. The molecule has 0 saturated heterocycles. The first kappa shape index (κ1) is 26.3. The van der Waals surface area contributed by atoms with Gasteiger partial charge in [0.2, 0.25) is 0 Å². The highest BCUT2D eigenvalue weighted by atomic mass is 32.1. The first-order valence-electron chi connectivity index (χ1n) is 11.1. The Morgan fingerprint density at radius 2 is 1.56 bits per heavy atom. The lowest BCUT2D eigenvalue weighted by molar-refractivity contribution is -0.112. The van der Waals surface area contributed by atoms with E-state index in [1.807, 2.05) is 26.0 Å². The summed E-state index contributed by atoms with van der Waals surface area (Å²) < 4.78 is 0. The van der Waals surface area contributed by atoms with E-state index in [2.05, 4.69) is 26.5 Å². The maximum atomic E-state index is 12.8. The molecule has 3 aromatic rings. The number of amides is 3. The maximum absolute atomic E-state index is 12.8. The number of nitrogens with one attached hydrogen (secondary N) is 5. The standard InChI is InChI=1S/C26H28N6O3S/c1-15-5-6-20(13-16(15)2)30-26(35)23(17(3)27)18(4)31-32-25(34)22-8-7-21(36-22)24(33)29-14-19-9-11-28-12-10-19/h5-13,27,31H,14H2,1-4H3,(H,29,33)(H,30,35)(H,32,34)/b23-18-,27-17?. The molecule has 3 amide bonds. The van der Waals surface area contributed by atoms with Crippen LogP contribution in [0.1, 0.15) is 49.9 Å². The normalized spacial score (nSPS) is 11.2. The second kappa shape index (κ2) is 11.9. The minimum Gasteiger partial charge on any atom is -0.347 e. The van der Waals surface area contributed by atoms with Crippen LogP contribution >= 0.6 is 11.3 Å². The molecule has 3 rings (SSSR count). The molecule has 0 saturated carbocycles. The predicted octanol–water partition coefficient (Wildman–Crippen LogP) is 3.88. The van der Waals surface area contributed by atoms with Gasteiger partial charge < -0.3 is 21.5 Å². The van der Waals surface area contributed by atoms with Crippen LogP contribution in [-0.2, 0) is 11.3 Å². The SMILES string of the molecule is CC(=N)/C(C(=O)Nc1ccc(C)c(C)c1)=C(\C)NNC(=O)c1ccc(C(=O)NCc2ccncc2)s1. The Kier molecular flexibility index (Phi) is 8.69. The molecule has 0 radical (unpaired) electrons. The molecule has 0 fully saturated rings. The molecular formula is C26H28N6O3S. The Morgan fingerprint density at radius 1 is 0.889 bits per heavy atom. The van der Waals surface area contributed by atoms with Crippen molar-refractivity contribution >= 4 is 40.5 Å². The topological polar surface area (TPSA) is 136 Å². The molecule has 0 spiro atoms. The van der Waals surface area contributed by atoms with Gasteiger partial charge in [-0.15, -0.1) is 11.3 Å². The summed E-state index contributed by atoms with van der Waals surface area (Å²) in [6.45, 7) is 7.38. The number of rotatable bonds is 9. The van der Waals surface area contributed by atoms with E-state index in [0.717, 1.165) is 28.0 Å². The average molecular weight is 505 g/mol. The van der Waals surface area contributed by atoms with Crippen LogP contribution < -0.4 is 21.5 Å². The van der Waals surface area contributed by atoms with Gasteiger partial charge in [-0.1, -0.05) is 6.07 Å². The van der Waals surface area contributed by atoms with Crippen LogP contribution in [0.4, 0.5) is 5.69 Å². The highest BCUT2D eigenvalue weighted by Gasteiger charge is 2.18. The summed E-state index contributed by atoms with van der Waals surface area (Å²) in [5.41, 5.74) is 9.37. The van der Waals surface area contributed by atoms with Crippen molar-refractivity contribution in [3.05, 3.63) is 92.6 Å². The van der Waals surface area contributed by atoms with Gasteiger partial charge in [0.05, 0.1) is 15.3 Å². The number of aromatic nitrogens is 1. The van der Waals surface area contributed by atoms with E-state index >= 15 is 0 Å². The van der Waals surface area contributed by atoms with Crippen molar-refractivity contribution in [2.75, 3.05) is 5.32 Å². The van der Waals surface area contributed by atoms with Crippen molar-refractivity contribution < 1.29 is 14.4 Å². The van der Waals surface area contributed by atoms with E-state index in [1.54, 1.807) is 49.6 Å². The molecular weight excluding hydrogens is 476 g/mol.